The zero-order valence-corrected chi connectivity index (χ0v) is 16.0. The van der Waals surface area contributed by atoms with Crippen LogP contribution in [0.1, 0.15) is 37.3 Å². The fourth-order valence-electron chi connectivity index (χ4n) is 3.38. The minimum atomic E-state index is -0.0325. The van der Waals surface area contributed by atoms with Crippen LogP contribution >= 0.6 is 0 Å². The van der Waals surface area contributed by atoms with Gasteiger partial charge in [0.25, 0.3) is 0 Å². The summed E-state index contributed by atoms with van der Waals surface area (Å²) >= 11 is 0. The molecule has 0 fully saturated rings. The van der Waals surface area contributed by atoms with Crippen molar-refractivity contribution in [1.29, 1.82) is 0 Å². The normalized spacial score (nSPS) is 13.0. The number of methoxy groups -OCH3 is 1. The lowest BCUT2D eigenvalue weighted by atomic mass is 10.0. The molecule has 0 saturated heterocycles. The number of nitrogens with zero attached hydrogens (tertiary/aromatic N) is 1. The molecule has 27 heavy (non-hydrogen) atoms. The minimum absolute atomic E-state index is 0.0325. The Kier molecular flexibility index (Phi) is 6.12. The molecule has 0 unspecified atom stereocenters. The maximum atomic E-state index is 12.3. The van der Waals surface area contributed by atoms with Crippen molar-refractivity contribution in [3.05, 3.63) is 53.6 Å². The van der Waals surface area contributed by atoms with Crippen LogP contribution in [0, 0.1) is 0 Å². The minimum Gasteiger partial charge on any atom is -0.497 e. The lowest BCUT2D eigenvalue weighted by molar-refractivity contribution is -0.118. The van der Waals surface area contributed by atoms with Crippen LogP contribution in [0.3, 0.4) is 0 Å². The molecule has 3 rings (SSSR count). The van der Waals surface area contributed by atoms with Gasteiger partial charge in [-0.25, -0.2) is 0 Å². The molecule has 5 heteroatoms. The van der Waals surface area contributed by atoms with E-state index in [9.17, 15) is 9.59 Å². The van der Waals surface area contributed by atoms with Crippen LogP contribution < -0.4 is 15.0 Å². The topological polar surface area (TPSA) is 58.6 Å². The molecule has 0 radical (unpaired) electrons. The molecule has 1 aliphatic heterocycles. The van der Waals surface area contributed by atoms with Crippen molar-refractivity contribution in [2.24, 2.45) is 0 Å². The first kappa shape index (κ1) is 19.0. The van der Waals surface area contributed by atoms with Crippen molar-refractivity contribution >= 4 is 23.2 Å². The number of aryl methyl sites for hydroxylation is 2. The zero-order chi connectivity index (χ0) is 19.2. The highest BCUT2D eigenvalue weighted by Gasteiger charge is 2.21. The third-order valence-electron chi connectivity index (χ3n) is 4.89. The molecule has 0 bridgehead atoms. The lowest BCUT2D eigenvalue weighted by Crippen LogP contribution is -2.35. The quantitative estimate of drug-likeness (QED) is 0.842. The summed E-state index contributed by atoms with van der Waals surface area (Å²) in [6.45, 7) is 2.62. The Bertz CT molecular complexity index is 815. The molecule has 2 aromatic rings. The third kappa shape index (κ3) is 4.67. The summed E-state index contributed by atoms with van der Waals surface area (Å²) in [4.78, 5) is 26.4. The second-order valence-electron chi connectivity index (χ2n) is 6.74. The van der Waals surface area contributed by atoms with E-state index in [0.717, 1.165) is 42.1 Å². The van der Waals surface area contributed by atoms with Gasteiger partial charge in [-0.3, -0.25) is 9.59 Å². The molecule has 0 aliphatic carbocycles. The van der Waals surface area contributed by atoms with Gasteiger partial charge in [-0.05, 0) is 54.7 Å². The Morgan fingerprint density at radius 2 is 1.93 bits per heavy atom. The highest BCUT2D eigenvalue weighted by atomic mass is 16.5. The van der Waals surface area contributed by atoms with Crippen LogP contribution in [0.5, 0.6) is 5.75 Å². The van der Waals surface area contributed by atoms with Crippen LogP contribution in [0.2, 0.25) is 0 Å². The van der Waals surface area contributed by atoms with E-state index < -0.39 is 0 Å². The predicted octanol–water partition coefficient (Wildman–Crippen LogP) is 3.96. The Balaban J connectivity index is 1.63. The first-order valence-electron chi connectivity index (χ1n) is 9.46. The van der Waals surface area contributed by atoms with Crippen molar-refractivity contribution in [1.82, 2.24) is 0 Å². The predicted molar refractivity (Wildman–Crippen MR) is 107 cm³/mol. The number of rotatable bonds is 6. The maximum Gasteiger partial charge on any atom is 0.226 e. The molecular weight excluding hydrogens is 340 g/mol. The van der Waals surface area contributed by atoms with Gasteiger partial charge in [0.15, 0.2) is 0 Å². The number of ether oxygens (including phenoxy) is 1. The fourth-order valence-corrected chi connectivity index (χ4v) is 3.38. The molecule has 0 saturated carbocycles. The molecule has 0 aromatic heterocycles. The van der Waals surface area contributed by atoms with Crippen molar-refractivity contribution in [3.8, 4) is 5.75 Å². The van der Waals surface area contributed by atoms with E-state index in [1.54, 1.807) is 7.11 Å². The van der Waals surface area contributed by atoms with E-state index in [1.165, 1.54) is 5.56 Å². The molecule has 1 heterocycles. The van der Waals surface area contributed by atoms with Crippen molar-refractivity contribution in [2.75, 3.05) is 23.9 Å². The zero-order valence-electron chi connectivity index (χ0n) is 16.0. The SMILES string of the molecule is CCC(=O)N1CCCc2ccc(NC(=O)CCc3ccc(OC)cc3)cc21. The average Bonchev–Trinajstić information content (AvgIpc) is 2.71. The van der Waals surface area contributed by atoms with Crippen LogP contribution in [0.4, 0.5) is 11.4 Å². The first-order chi connectivity index (χ1) is 13.1. The smallest absolute Gasteiger partial charge is 0.226 e. The van der Waals surface area contributed by atoms with Crippen molar-refractivity contribution < 1.29 is 14.3 Å². The van der Waals surface area contributed by atoms with Gasteiger partial charge in [0.2, 0.25) is 11.8 Å². The molecule has 1 N–H and O–H groups in total. The number of carbonyl (C=O) groups is 2. The Labute approximate surface area is 160 Å². The average molecular weight is 366 g/mol. The number of anilines is 2. The molecule has 0 atom stereocenters. The van der Waals surface area contributed by atoms with Gasteiger partial charge in [0, 0.05) is 30.8 Å². The number of carbonyl (C=O) groups excluding carboxylic acids is 2. The monoisotopic (exact) mass is 366 g/mol. The van der Waals surface area contributed by atoms with E-state index in [2.05, 4.69) is 5.32 Å². The number of hydrogen-bond acceptors (Lipinski definition) is 3. The van der Waals surface area contributed by atoms with Crippen LogP contribution in [0.15, 0.2) is 42.5 Å². The number of fused-ring (bicyclic) bond motifs is 1. The van der Waals surface area contributed by atoms with Gasteiger partial charge < -0.3 is 15.0 Å². The summed E-state index contributed by atoms with van der Waals surface area (Å²) in [5.41, 5.74) is 3.93. The molecule has 0 spiro atoms. The van der Waals surface area contributed by atoms with Gasteiger partial charge in [-0.15, -0.1) is 0 Å². The fraction of sp³-hybridized carbons (Fsp3) is 0.364. The van der Waals surface area contributed by atoms with Gasteiger partial charge in [0.05, 0.1) is 7.11 Å². The molecule has 2 aromatic carbocycles. The van der Waals surface area contributed by atoms with Crippen molar-refractivity contribution in [3.63, 3.8) is 0 Å². The maximum absolute atomic E-state index is 12.3. The molecular formula is C22H26N2O3. The second kappa shape index (κ2) is 8.71. The summed E-state index contributed by atoms with van der Waals surface area (Å²) in [5.74, 6) is 0.900. The number of benzene rings is 2. The summed E-state index contributed by atoms with van der Waals surface area (Å²) < 4.78 is 5.15. The third-order valence-corrected chi connectivity index (χ3v) is 4.89. The Hall–Kier alpha value is -2.82. The Morgan fingerprint density at radius 1 is 1.15 bits per heavy atom. The van der Waals surface area contributed by atoms with Gasteiger partial charge in [0.1, 0.15) is 5.75 Å². The number of hydrogen-bond donors (Lipinski definition) is 1. The van der Waals surface area contributed by atoms with Gasteiger partial charge >= 0.3 is 0 Å². The summed E-state index contributed by atoms with van der Waals surface area (Å²) in [6.07, 6.45) is 3.50. The lowest BCUT2D eigenvalue weighted by Gasteiger charge is -2.29. The first-order valence-corrected chi connectivity index (χ1v) is 9.46. The van der Waals surface area contributed by atoms with E-state index in [-0.39, 0.29) is 11.8 Å². The van der Waals surface area contributed by atoms with Crippen LogP contribution in [-0.4, -0.2) is 25.5 Å². The number of amides is 2. The summed E-state index contributed by atoms with van der Waals surface area (Å²) in [6, 6.07) is 13.6. The van der Waals surface area contributed by atoms with E-state index in [0.29, 0.717) is 19.3 Å². The number of nitrogens with one attached hydrogen (secondary N) is 1. The van der Waals surface area contributed by atoms with E-state index in [4.69, 9.17) is 4.74 Å². The standard InChI is InChI=1S/C22H26N2O3/c1-3-22(26)24-14-4-5-17-9-10-18(15-20(17)24)23-21(25)13-8-16-6-11-19(27-2)12-7-16/h6-7,9-12,15H,3-5,8,13-14H2,1-2H3,(H,23,25). The van der Waals surface area contributed by atoms with Crippen molar-refractivity contribution in [2.45, 2.75) is 39.0 Å². The highest BCUT2D eigenvalue weighted by molar-refractivity contribution is 5.96. The highest BCUT2D eigenvalue weighted by Crippen LogP contribution is 2.30. The Morgan fingerprint density at radius 3 is 2.63 bits per heavy atom. The summed E-state index contributed by atoms with van der Waals surface area (Å²) in [7, 11) is 1.64. The molecule has 5 nitrogen and oxygen atoms in total. The molecule has 142 valence electrons. The summed E-state index contributed by atoms with van der Waals surface area (Å²) in [5, 5.41) is 2.96. The second-order valence-corrected chi connectivity index (χ2v) is 6.74. The van der Waals surface area contributed by atoms with E-state index in [1.807, 2.05) is 54.3 Å². The van der Waals surface area contributed by atoms with Gasteiger partial charge in [-0.2, -0.15) is 0 Å². The van der Waals surface area contributed by atoms with Crippen LogP contribution in [-0.2, 0) is 22.4 Å². The molecule has 1 aliphatic rings. The van der Waals surface area contributed by atoms with Gasteiger partial charge in [-0.1, -0.05) is 25.1 Å². The van der Waals surface area contributed by atoms with Crippen LogP contribution in [0.25, 0.3) is 0 Å². The van der Waals surface area contributed by atoms with E-state index >= 15 is 0 Å². The molecule has 2 amide bonds. The largest absolute Gasteiger partial charge is 0.497 e.